The van der Waals surface area contributed by atoms with Crippen molar-refractivity contribution in [3.05, 3.63) is 66.4 Å². The van der Waals surface area contributed by atoms with Crippen molar-refractivity contribution >= 4 is 11.3 Å². The molecule has 3 nitrogen and oxygen atoms in total. The number of methoxy groups -OCH3 is 1. The second kappa shape index (κ2) is 22.2. The van der Waals surface area contributed by atoms with Gasteiger partial charge in [0.1, 0.15) is 5.75 Å². The summed E-state index contributed by atoms with van der Waals surface area (Å²) in [6, 6.07) is 11.5. The predicted molar refractivity (Wildman–Crippen MR) is 71.3 cm³/mol. The quantitative estimate of drug-likeness (QED) is 0.465. The molecule has 2 rings (SSSR count). The molecule has 0 N–H and O–H groups in total. The minimum absolute atomic E-state index is 0. The SMILES string of the molecule is [C-]#N.[CH2-]OCc1ccc(OC)cc1.[Cu+].[Li+].[Li+].[c-]1cccs1. The van der Waals surface area contributed by atoms with E-state index < -0.39 is 0 Å². The first-order valence-electron chi connectivity index (χ1n) is 4.98. The molecule has 0 aliphatic heterocycles. The molecule has 1 heterocycles. The van der Waals surface area contributed by atoms with E-state index in [1.807, 2.05) is 41.8 Å². The third-order valence-electron chi connectivity index (χ3n) is 1.81. The molecule has 21 heavy (non-hydrogen) atoms. The van der Waals surface area contributed by atoms with Gasteiger partial charge >= 0.3 is 54.8 Å². The van der Waals surface area contributed by atoms with E-state index in [0.29, 0.717) is 6.61 Å². The van der Waals surface area contributed by atoms with Gasteiger partial charge in [0.25, 0.3) is 0 Å². The van der Waals surface area contributed by atoms with Crippen molar-refractivity contribution in [3.8, 4) is 5.75 Å². The molecule has 0 spiro atoms. The summed E-state index contributed by atoms with van der Waals surface area (Å²) in [5.41, 5.74) is 1.10. The van der Waals surface area contributed by atoms with Crippen LogP contribution in [0.3, 0.4) is 0 Å². The molecule has 0 atom stereocenters. The molecule has 1 aromatic carbocycles. The third kappa shape index (κ3) is 16.1. The zero-order valence-electron chi connectivity index (χ0n) is 12.4. The minimum atomic E-state index is 0. The van der Waals surface area contributed by atoms with Gasteiger partial charge in [-0.3, -0.25) is 0 Å². The summed E-state index contributed by atoms with van der Waals surface area (Å²) in [6.07, 6.45) is 0. The van der Waals surface area contributed by atoms with E-state index in [2.05, 4.69) is 12.5 Å². The summed E-state index contributed by atoms with van der Waals surface area (Å²) in [4.78, 5) is 0. The largest absolute Gasteiger partial charge is 1.00 e. The van der Waals surface area contributed by atoms with Crippen LogP contribution in [-0.2, 0) is 28.4 Å². The van der Waals surface area contributed by atoms with Gasteiger partial charge in [0.15, 0.2) is 0 Å². The second-order valence-electron chi connectivity index (χ2n) is 2.93. The van der Waals surface area contributed by atoms with Crippen molar-refractivity contribution < 1.29 is 64.3 Å². The molecule has 0 aliphatic rings. The average molecular weight is 338 g/mol. The van der Waals surface area contributed by atoms with E-state index in [4.69, 9.17) is 21.3 Å². The van der Waals surface area contributed by atoms with Crippen LogP contribution in [0.15, 0.2) is 41.8 Å². The van der Waals surface area contributed by atoms with Gasteiger partial charge in [-0.05, 0) is 17.7 Å². The number of rotatable bonds is 3. The van der Waals surface area contributed by atoms with Gasteiger partial charge in [-0.1, -0.05) is 12.1 Å². The fourth-order valence-electron chi connectivity index (χ4n) is 1.04. The van der Waals surface area contributed by atoms with Gasteiger partial charge in [0.05, 0.1) is 7.11 Å². The zero-order valence-corrected chi connectivity index (χ0v) is 14.2. The molecular formula is C14H14CuLi2NO2S. The van der Waals surface area contributed by atoms with Crippen molar-refractivity contribution in [2.45, 2.75) is 6.61 Å². The Balaban J connectivity index is -0.000000125. The first-order chi connectivity index (χ1) is 8.86. The summed E-state index contributed by atoms with van der Waals surface area (Å²) in [7, 11) is 4.94. The van der Waals surface area contributed by atoms with Crippen LogP contribution in [0.2, 0.25) is 0 Å². The predicted octanol–water partition coefficient (Wildman–Crippen LogP) is -2.35. The Bertz CT molecular complexity index is 393. The van der Waals surface area contributed by atoms with E-state index in [9.17, 15) is 0 Å². The molecule has 0 amide bonds. The molecule has 7 heteroatoms. The standard InChI is InChI=1S/C9H11O2.C4H3S.CN.Cu.2Li/c1-10-7-8-3-5-9(11-2)6-4-8;1-2-4-5-3-1;1-2;;;/h3-6H,1,7H2,2H3;1-3H;;;;/q3*-1;3*+1. The van der Waals surface area contributed by atoms with E-state index >= 15 is 0 Å². The molecule has 0 aliphatic carbocycles. The van der Waals surface area contributed by atoms with E-state index in [1.165, 1.54) is 0 Å². The maximum absolute atomic E-state index is 6.25. The van der Waals surface area contributed by atoms with Crippen LogP contribution in [0.25, 0.3) is 0 Å². The first kappa shape index (κ1) is 29.0. The number of thiophene rings is 1. The van der Waals surface area contributed by atoms with Crippen molar-refractivity contribution in [2.75, 3.05) is 7.11 Å². The molecule has 1 aromatic heterocycles. The van der Waals surface area contributed by atoms with E-state index in [-0.39, 0.29) is 54.8 Å². The Morgan fingerprint density at radius 2 is 1.81 bits per heavy atom. The fraction of sp³-hybridized carbons (Fsp3) is 0.143. The molecule has 0 bridgehead atoms. The zero-order chi connectivity index (χ0) is 13.6. The average Bonchev–Trinajstić information content (AvgIpc) is 3.02. The number of nitrogens with zero attached hydrogens (tertiary/aromatic N) is 1. The van der Waals surface area contributed by atoms with E-state index in [0.717, 1.165) is 11.3 Å². The van der Waals surface area contributed by atoms with Gasteiger partial charge in [-0.2, -0.15) is 11.4 Å². The van der Waals surface area contributed by atoms with Crippen LogP contribution >= 0.6 is 11.3 Å². The summed E-state index contributed by atoms with van der Waals surface area (Å²) in [5.74, 6) is 0.859. The van der Waals surface area contributed by atoms with Crippen LogP contribution < -0.4 is 42.5 Å². The number of hydrogen-bond acceptors (Lipinski definition) is 4. The van der Waals surface area contributed by atoms with Crippen LogP contribution in [0.5, 0.6) is 5.75 Å². The summed E-state index contributed by atoms with van der Waals surface area (Å²) in [5, 5.41) is 11.1. The summed E-state index contributed by atoms with van der Waals surface area (Å²) >= 11 is 1.59. The fourth-order valence-corrected chi connectivity index (χ4v) is 1.43. The Kier molecular flexibility index (Phi) is 30.6. The Hall–Kier alpha value is -0.116. The molecular weight excluding hydrogens is 324 g/mol. The Morgan fingerprint density at radius 3 is 2.10 bits per heavy atom. The maximum atomic E-state index is 6.25. The first-order valence-corrected chi connectivity index (χ1v) is 5.86. The molecule has 2 aromatic rings. The normalized spacial score (nSPS) is 7.05. The van der Waals surface area contributed by atoms with Crippen LogP contribution in [0.4, 0.5) is 0 Å². The Labute approximate surface area is 165 Å². The smallest absolute Gasteiger partial charge is 0.552 e. The van der Waals surface area contributed by atoms with Gasteiger partial charge < -0.3 is 32.6 Å². The minimum Gasteiger partial charge on any atom is -0.552 e. The van der Waals surface area contributed by atoms with Crippen LogP contribution in [0.1, 0.15) is 5.56 Å². The number of hydrogen-bond donors (Lipinski definition) is 0. The molecule has 0 fully saturated rings. The molecule has 0 unspecified atom stereocenters. The van der Waals surface area contributed by atoms with Crippen LogP contribution in [-0.4, -0.2) is 7.11 Å². The van der Waals surface area contributed by atoms with Crippen molar-refractivity contribution in [2.24, 2.45) is 0 Å². The van der Waals surface area contributed by atoms with Crippen LogP contribution in [0, 0.1) is 24.3 Å². The summed E-state index contributed by atoms with van der Waals surface area (Å²) < 4.78 is 9.70. The third-order valence-corrected chi connectivity index (χ3v) is 2.37. The van der Waals surface area contributed by atoms with Crippen molar-refractivity contribution in [1.29, 1.82) is 5.26 Å². The second-order valence-corrected chi connectivity index (χ2v) is 3.67. The van der Waals surface area contributed by atoms with E-state index in [1.54, 1.807) is 18.4 Å². The van der Waals surface area contributed by atoms with Gasteiger partial charge in [0, 0.05) is 6.61 Å². The molecule has 106 valence electrons. The Morgan fingerprint density at radius 1 is 1.24 bits per heavy atom. The monoisotopic (exact) mass is 337 g/mol. The molecule has 0 radical (unpaired) electrons. The maximum Gasteiger partial charge on any atom is 1.00 e. The number of ether oxygens (including phenoxy) is 2. The van der Waals surface area contributed by atoms with Gasteiger partial charge in [0.2, 0.25) is 0 Å². The van der Waals surface area contributed by atoms with Gasteiger partial charge in [-0.25, -0.2) is 13.2 Å². The van der Waals surface area contributed by atoms with Gasteiger partial charge in [-0.15, -0.1) is 5.38 Å². The topological polar surface area (TPSA) is 42.2 Å². The summed E-state index contributed by atoms with van der Waals surface area (Å²) in [6.45, 7) is 5.30. The van der Waals surface area contributed by atoms with Crippen molar-refractivity contribution in [1.82, 2.24) is 0 Å². The van der Waals surface area contributed by atoms with Crippen molar-refractivity contribution in [3.63, 3.8) is 0 Å². The molecule has 0 saturated carbocycles. The number of benzene rings is 1. The molecule has 0 saturated heterocycles.